The third-order valence-electron chi connectivity index (χ3n) is 3.57. The van der Waals surface area contributed by atoms with Crippen LogP contribution in [0.25, 0.3) is 0 Å². The molecular formula is C16H19IN2O4S2. The molecule has 0 aliphatic heterocycles. The summed E-state index contributed by atoms with van der Waals surface area (Å²) in [5.41, 5.74) is 0.445. The number of hydrogen-bond donors (Lipinski definition) is 1. The molecule has 0 atom stereocenters. The van der Waals surface area contributed by atoms with Crippen LogP contribution in [0.5, 0.6) is 0 Å². The Balaban J connectivity index is 2.28. The van der Waals surface area contributed by atoms with Crippen LogP contribution in [-0.4, -0.2) is 34.2 Å². The molecule has 9 heteroatoms. The van der Waals surface area contributed by atoms with Crippen molar-refractivity contribution in [2.24, 2.45) is 0 Å². The highest BCUT2D eigenvalue weighted by atomic mass is 127. The average molecular weight is 494 g/mol. The van der Waals surface area contributed by atoms with Gasteiger partial charge in [-0.05, 0) is 71.1 Å². The van der Waals surface area contributed by atoms with E-state index in [-0.39, 0.29) is 9.79 Å². The fraction of sp³-hybridized carbons (Fsp3) is 0.250. The van der Waals surface area contributed by atoms with E-state index in [1.807, 2.05) is 0 Å². The molecule has 0 aliphatic carbocycles. The maximum Gasteiger partial charge on any atom is 0.261 e. The fourth-order valence-electron chi connectivity index (χ4n) is 2.24. The normalized spacial score (nSPS) is 12.3. The van der Waals surface area contributed by atoms with Gasteiger partial charge >= 0.3 is 0 Å². The Bertz CT molecular complexity index is 921. The van der Waals surface area contributed by atoms with Gasteiger partial charge in [-0.2, -0.15) is 4.31 Å². The van der Waals surface area contributed by atoms with E-state index in [2.05, 4.69) is 27.3 Å². The second kappa shape index (κ2) is 8.02. The smallest absolute Gasteiger partial charge is 0.261 e. The molecule has 25 heavy (non-hydrogen) atoms. The summed E-state index contributed by atoms with van der Waals surface area (Å²) in [5.74, 6) is 0. The standard InChI is InChI=1S/C16H19IN2O4S2/c1-3-19(4-2)25(22,23)16-11-9-15(10-12-16)24(20,21)18-14-7-5-13(17)6-8-14/h5-12,18H,3-4H2,1-2H3. The van der Waals surface area contributed by atoms with Crippen LogP contribution in [-0.2, 0) is 20.0 Å². The van der Waals surface area contributed by atoms with Crippen LogP contribution in [0.1, 0.15) is 13.8 Å². The van der Waals surface area contributed by atoms with Crippen molar-refractivity contribution in [2.75, 3.05) is 17.8 Å². The summed E-state index contributed by atoms with van der Waals surface area (Å²) < 4.78 is 54.5. The molecular weight excluding hydrogens is 475 g/mol. The van der Waals surface area contributed by atoms with Crippen molar-refractivity contribution in [2.45, 2.75) is 23.6 Å². The number of nitrogens with one attached hydrogen (secondary N) is 1. The zero-order valence-electron chi connectivity index (χ0n) is 13.8. The maximum atomic E-state index is 12.4. The van der Waals surface area contributed by atoms with Gasteiger partial charge in [-0.15, -0.1) is 0 Å². The molecule has 0 bridgehead atoms. The second-order valence-electron chi connectivity index (χ2n) is 5.17. The third-order valence-corrected chi connectivity index (χ3v) is 7.75. The van der Waals surface area contributed by atoms with Gasteiger partial charge in [0.2, 0.25) is 10.0 Å². The van der Waals surface area contributed by atoms with E-state index in [0.717, 1.165) is 3.57 Å². The number of anilines is 1. The number of sulfonamides is 2. The molecule has 136 valence electrons. The summed E-state index contributed by atoms with van der Waals surface area (Å²) in [7, 11) is -7.39. The van der Waals surface area contributed by atoms with Crippen LogP contribution in [0.2, 0.25) is 0 Å². The van der Waals surface area contributed by atoms with Crippen molar-refractivity contribution in [1.29, 1.82) is 0 Å². The monoisotopic (exact) mass is 494 g/mol. The summed E-state index contributed by atoms with van der Waals surface area (Å²) in [4.78, 5) is 0.0777. The number of rotatable bonds is 7. The van der Waals surface area contributed by atoms with E-state index in [1.165, 1.54) is 28.6 Å². The summed E-state index contributed by atoms with van der Waals surface area (Å²) in [5, 5.41) is 0. The lowest BCUT2D eigenvalue weighted by molar-refractivity contribution is 0.445. The Hall–Kier alpha value is -1.17. The van der Waals surface area contributed by atoms with Gasteiger partial charge in [-0.1, -0.05) is 13.8 Å². The first-order valence-electron chi connectivity index (χ1n) is 7.59. The molecule has 0 saturated carbocycles. The van der Waals surface area contributed by atoms with E-state index in [1.54, 1.807) is 38.1 Å². The summed E-state index contributed by atoms with van der Waals surface area (Å²) in [6, 6.07) is 12.1. The lowest BCUT2D eigenvalue weighted by Crippen LogP contribution is -2.30. The first-order chi connectivity index (χ1) is 11.7. The highest BCUT2D eigenvalue weighted by molar-refractivity contribution is 14.1. The molecule has 0 fully saturated rings. The van der Waals surface area contributed by atoms with Crippen molar-refractivity contribution in [3.63, 3.8) is 0 Å². The molecule has 0 unspecified atom stereocenters. The molecule has 1 N–H and O–H groups in total. The summed E-state index contributed by atoms with van der Waals surface area (Å²) in [6.07, 6.45) is 0. The zero-order chi connectivity index (χ0) is 18.7. The first-order valence-corrected chi connectivity index (χ1v) is 11.6. The predicted molar refractivity (Wildman–Crippen MR) is 107 cm³/mol. The maximum absolute atomic E-state index is 12.4. The Morgan fingerprint density at radius 2 is 1.32 bits per heavy atom. The molecule has 0 saturated heterocycles. The molecule has 2 rings (SSSR count). The van der Waals surface area contributed by atoms with E-state index >= 15 is 0 Å². The first kappa shape index (κ1) is 20.1. The Labute approximate surface area is 162 Å². The van der Waals surface area contributed by atoms with E-state index in [9.17, 15) is 16.8 Å². The van der Waals surface area contributed by atoms with Crippen LogP contribution in [0.15, 0.2) is 58.3 Å². The van der Waals surface area contributed by atoms with Gasteiger partial charge in [-0.25, -0.2) is 16.8 Å². The van der Waals surface area contributed by atoms with Crippen LogP contribution in [0.3, 0.4) is 0 Å². The van der Waals surface area contributed by atoms with E-state index < -0.39 is 20.0 Å². The van der Waals surface area contributed by atoms with Gasteiger partial charge in [0, 0.05) is 22.3 Å². The quantitative estimate of drug-likeness (QED) is 0.600. The van der Waals surface area contributed by atoms with Crippen molar-refractivity contribution in [3.05, 3.63) is 52.1 Å². The number of hydrogen-bond acceptors (Lipinski definition) is 4. The third kappa shape index (κ3) is 4.72. The highest BCUT2D eigenvalue weighted by Gasteiger charge is 2.22. The van der Waals surface area contributed by atoms with Gasteiger partial charge in [0.25, 0.3) is 10.0 Å². The van der Waals surface area contributed by atoms with Crippen LogP contribution < -0.4 is 4.72 Å². The number of benzene rings is 2. The average Bonchev–Trinajstić information content (AvgIpc) is 2.58. The van der Waals surface area contributed by atoms with Gasteiger partial charge in [-0.3, -0.25) is 4.72 Å². The molecule has 0 amide bonds. The Kier molecular flexibility index (Phi) is 6.46. The summed E-state index contributed by atoms with van der Waals surface area (Å²) >= 11 is 2.13. The molecule has 2 aromatic rings. The lowest BCUT2D eigenvalue weighted by Gasteiger charge is -2.18. The largest absolute Gasteiger partial charge is 0.280 e. The molecule has 2 aromatic carbocycles. The summed E-state index contributed by atoms with van der Waals surface area (Å²) in [6.45, 7) is 4.22. The van der Waals surface area contributed by atoms with Crippen LogP contribution in [0, 0.1) is 3.57 Å². The zero-order valence-corrected chi connectivity index (χ0v) is 17.6. The molecule has 0 spiro atoms. The highest BCUT2D eigenvalue weighted by Crippen LogP contribution is 2.21. The van der Waals surface area contributed by atoms with Gasteiger partial charge in [0.05, 0.1) is 9.79 Å². The molecule has 0 aliphatic rings. The SMILES string of the molecule is CCN(CC)S(=O)(=O)c1ccc(S(=O)(=O)Nc2ccc(I)cc2)cc1. The molecule has 6 nitrogen and oxygen atoms in total. The van der Waals surface area contributed by atoms with Gasteiger partial charge < -0.3 is 0 Å². The van der Waals surface area contributed by atoms with Crippen molar-refractivity contribution >= 4 is 48.3 Å². The molecule has 0 radical (unpaired) electrons. The molecule has 0 aromatic heterocycles. The second-order valence-corrected chi connectivity index (χ2v) is 10.0. The topological polar surface area (TPSA) is 83.6 Å². The van der Waals surface area contributed by atoms with E-state index in [0.29, 0.717) is 18.8 Å². The Morgan fingerprint density at radius 1 is 0.840 bits per heavy atom. The van der Waals surface area contributed by atoms with Crippen LogP contribution in [0.4, 0.5) is 5.69 Å². The van der Waals surface area contributed by atoms with E-state index in [4.69, 9.17) is 0 Å². The number of halogens is 1. The predicted octanol–water partition coefficient (Wildman–Crippen LogP) is 3.12. The molecule has 0 heterocycles. The lowest BCUT2D eigenvalue weighted by atomic mass is 10.3. The number of nitrogens with zero attached hydrogens (tertiary/aromatic N) is 1. The Morgan fingerprint density at radius 3 is 1.80 bits per heavy atom. The minimum absolute atomic E-state index is 0.00421. The minimum atomic E-state index is -3.78. The van der Waals surface area contributed by atoms with Crippen molar-refractivity contribution < 1.29 is 16.8 Å². The van der Waals surface area contributed by atoms with Crippen molar-refractivity contribution in [3.8, 4) is 0 Å². The minimum Gasteiger partial charge on any atom is -0.280 e. The van der Waals surface area contributed by atoms with Crippen molar-refractivity contribution in [1.82, 2.24) is 4.31 Å². The van der Waals surface area contributed by atoms with Gasteiger partial charge in [0.15, 0.2) is 0 Å². The van der Waals surface area contributed by atoms with Crippen LogP contribution >= 0.6 is 22.6 Å². The van der Waals surface area contributed by atoms with Gasteiger partial charge in [0.1, 0.15) is 0 Å². The fourth-order valence-corrected chi connectivity index (χ4v) is 5.11.